The number of aliphatic hydroxyl groups excluding tert-OH is 1. The number of aromatic nitrogens is 4. The van der Waals surface area contributed by atoms with Crippen molar-refractivity contribution in [1.29, 1.82) is 0 Å². The van der Waals surface area contributed by atoms with E-state index in [1.54, 1.807) is 61.5 Å². The maximum atomic E-state index is 13.6. The van der Waals surface area contributed by atoms with E-state index in [1.165, 1.54) is 15.5 Å². The fourth-order valence-electron chi connectivity index (χ4n) is 4.33. The van der Waals surface area contributed by atoms with Gasteiger partial charge in [0.15, 0.2) is 0 Å². The molecule has 0 unspecified atom stereocenters. The molecule has 0 bridgehead atoms. The molecule has 12 heteroatoms. The zero-order valence-electron chi connectivity index (χ0n) is 22.8. The smallest absolute Gasteiger partial charge is 0.265 e. The van der Waals surface area contributed by atoms with Crippen molar-refractivity contribution in [3.8, 4) is 11.1 Å². The van der Waals surface area contributed by atoms with Crippen LogP contribution in [0.25, 0.3) is 22.2 Å². The number of aryl methyl sites for hydroxylation is 1. The number of nitrogens with two attached hydrogens (primary N) is 1. The Morgan fingerprint density at radius 1 is 1.20 bits per heavy atom. The van der Waals surface area contributed by atoms with Crippen LogP contribution in [0.5, 0.6) is 0 Å². The summed E-state index contributed by atoms with van der Waals surface area (Å²) in [4.78, 5) is 46.0. The lowest BCUT2D eigenvalue weighted by atomic mass is 9.94. The van der Waals surface area contributed by atoms with Crippen molar-refractivity contribution in [1.82, 2.24) is 29.5 Å². The van der Waals surface area contributed by atoms with Crippen LogP contribution >= 0.6 is 11.6 Å². The molecule has 3 aromatic heterocycles. The minimum absolute atomic E-state index is 0.119. The van der Waals surface area contributed by atoms with Crippen molar-refractivity contribution in [3.05, 3.63) is 75.3 Å². The summed E-state index contributed by atoms with van der Waals surface area (Å²) in [6.45, 7) is 3.60. The van der Waals surface area contributed by atoms with Crippen LogP contribution in [-0.4, -0.2) is 61.4 Å². The molecule has 0 aliphatic heterocycles. The first-order valence-electron chi connectivity index (χ1n) is 12.6. The second kappa shape index (κ2) is 11.5. The molecule has 0 spiro atoms. The fraction of sp³-hybridized carbons (Fsp3) is 0.321. The number of nitrogens with one attached hydrogen (secondary N) is 1. The predicted molar refractivity (Wildman–Crippen MR) is 154 cm³/mol. The molecule has 1 aromatic carbocycles. The molecule has 2 amide bonds. The fourth-order valence-corrected chi connectivity index (χ4v) is 4.46. The van der Waals surface area contributed by atoms with Gasteiger partial charge in [0.2, 0.25) is 5.91 Å². The van der Waals surface area contributed by atoms with Crippen molar-refractivity contribution in [3.63, 3.8) is 0 Å². The number of fused-ring (bicyclic) bond motifs is 1. The number of hydrogen-bond acceptors (Lipinski definition) is 7. The Kier molecular flexibility index (Phi) is 8.26. The van der Waals surface area contributed by atoms with Gasteiger partial charge in [0.1, 0.15) is 23.6 Å². The lowest BCUT2D eigenvalue weighted by Crippen LogP contribution is -2.41. The second-order valence-corrected chi connectivity index (χ2v) is 11.0. The zero-order chi connectivity index (χ0) is 29.2. The zero-order valence-corrected chi connectivity index (χ0v) is 23.6. The summed E-state index contributed by atoms with van der Waals surface area (Å²) in [5.41, 5.74) is 7.19. The Morgan fingerprint density at radius 3 is 2.52 bits per heavy atom. The average molecular weight is 566 g/mol. The molecule has 0 aliphatic rings. The predicted octanol–water partition coefficient (Wildman–Crippen LogP) is 2.44. The van der Waals surface area contributed by atoms with E-state index in [0.717, 1.165) is 5.56 Å². The Balaban J connectivity index is 1.77. The van der Waals surface area contributed by atoms with E-state index in [9.17, 15) is 19.5 Å². The highest BCUT2D eigenvalue weighted by atomic mass is 35.5. The summed E-state index contributed by atoms with van der Waals surface area (Å²) in [7, 11) is 3.37. The second-order valence-electron chi connectivity index (χ2n) is 10.6. The van der Waals surface area contributed by atoms with Crippen molar-refractivity contribution >= 4 is 40.3 Å². The molecule has 4 aromatic rings. The Morgan fingerprint density at radius 2 is 1.90 bits per heavy atom. The van der Waals surface area contributed by atoms with E-state index in [-0.39, 0.29) is 49.2 Å². The number of halogens is 1. The van der Waals surface area contributed by atoms with Crippen molar-refractivity contribution < 1.29 is 14.7 Å². The number of benzene rings is 1. The SMILES string of the molecule is CN(CC(C)(C)CO)C(=O)Cn1c(=O)c(C(=O)NCc2ccc(Cl)cc2)cc2cc(-c3cnn(C)c3)c(N)nc21. The Bertz CT molecular complexity index is 1630. The van der Waals surface area contributed by atoms with Gasteiger partial charge >= 0.3 is 0 Å². The van der Waals surface area contributed by atoms with E-state index in [1.807, 2.05) is 13.8 Å². The molecule has 4 rings (SSSR count). The highest BCUT2D eigenvalue weighted by Gasteiger charge is 2.24. The number of rotatable bonds is 9. The highest BCUT2D eigenvalue weighted by molar-refractivity contribution is 6.30. The van der Waals surface area contributed by atoms with Crippen molar-refractivity contribution in [2.24, 2.45) is 12.5 Å². The largest absolute Gasteiger partial charge is 0.396 e. The number of hydrogen-bond donors (Lipinski definition) is 3. The summed E-state index contributed by atoms with van der Waals surface area (Å²) in [6, 6.07) is 10.2. The van der Waals surface area contributed by atoms with Crippen LogP contribution in [0, 0.1) is 5.41 Å². The molecule has 4 N–H and O–H groups in total. The number of anilines is 1. The van der Waals surface area contributed by atoms with Crippen LogP contribution in [0.3, 0.4) is 0 Å². The van der Waals surface area contributed by atoms with Gasteiger partial charge in [0.25, 0.3) is 11.5 Å². The third kappa shape index (κ3) is 6.32. The van der Waals surface area contributed by atoms with Gasteiger partial charge in [-0.1, -0.05) is 37.6 Å². The van der Waals surface area contributed by atoms with E-state index in [4.69, 9.17) is 17.3 Å². The molecule has 0 radical (unpaired) electrons. The Hall–Kier alpha value is -4.22. The third-order valence-corrected chi connectivity index (χ3v) is 6.78. The standard InChI is InChI=1S/C28H32ClN7O4/c1-28(2,16-37)15-34(3)23(38)14-36-25-18(9-21(24(30)33-25)19-12-32-35(4)13-19)10-22(27(36)40)26(39)31-11-17-5-7-20(29)8-6-17/h5-10,12-13,37H,11,14-16H2,1-4H3,(H2,30,33)(H,31,39). The van der Waals surface area contributed by atoms with Gasteiger partial charge in [0.05, 0.1) is 6.20 Å². The molecule has 0 saturated carbocycles. The first-order valence-corrected chi connectivity index (χ1v) is 13.0. The number of aliphatic hydroxyl groups is 1. The van der Waals surface area contributed by atoms with E-state index in [2.05, 4.69) is 15.4 Å². The number of carbonyl (C=O) groups is 2. The van der Waals surface area contributed by atoms with Gasteiger partial charge in [-0.3, -0.25) is 23.6 Å². The molecule has 0 aliphatic carbocycles. The van der Waals surface area contributed by atoms with Gasteiger partial charge in [-0.25, -0.2) is 4.98 Å². The van der Waals surface area contributed by atoms with Gasteiger partial charge in [-0.05, 0) is 29.8 Å². The summed E-state index contributed by atoms with van der Waals surface area (Å²) in [6.07, 6.45) is 3.41. The summed E-state index contributed by atoms with van der Waals surface area (Å²) in [5.74, 6) is -0.839. The topological polar surface area (TPSA) is 148 Å². The average Bonchev–Trinajstić information content (AvgIpc) is 3.35. The molecular formula is C28H32ClN7O4. The van der Waals surface area contributed by atoms with Gasteiger partial charge in [-0.2, -0.15) is 5.10 Å². The number of amides is 2. The Labute approximate surface area is 236 Å². The minimum Gasteiger partial charge on any atom is -0.396 e. The monoisotopic (exact) mass is 565 g/mol. The van der Waals surface area contributed by atoms with Gasteiger partial charge in [-0.15, -0.1) is 0 Å². The lowest BCUT2D eigenvalue weighted by molar-refractivity contribution is -0.132. The molecule has 11 nitrogen and oxygen atoms in total. The quantitative estimate of drug-likeness (QED) is 0.282. The third-order valence-electron chi connectivity index (χ3n) is 6.53. The van der Waals surface area contributed by atoms with Crippen LogP contribution < -0.4 is 16.6 Å². The molecule has 210 valence electrons. The number of carbonyl (C=O) groups excluding carboxylic acids is 2. The van der Waals surface area contributed by atoms with E-state index in [0.29, 0.717) is 21.5 Å². The molecule has 0 atom stereocenters. The molecule has 3 heterocycles. The molecular weight excluding hydrogens is 534 g/mol. The number of pyridine rings is 2. The first kappa shape index (κ1) is 28.8. The van der Waals surface area contributed by atoms with Crippen LogP contribution in [0.15, 0.2) is 53.6 Å². The van der Waals surface area contributed by atoms with E-state index >= 15 is 0 Å². The summed E-state index contributed by atoms with van der Waals surface area (Å²) < 4.78 is 2.79. The van der Waals surface area contributed by atoms with Crippen LogP contribution in [-0.2, 0) is 24.9 Å². The first-order chi connectivity index (χ1) is 18.9. The van der Waals surface area contributed by atoms with Crippen molar-refractivity contribution in [2.75, 3.05) is 25.9 Å². The summed E-state index contributed by atoms with van der Waals surface area (Å²) in [5, 5.41) is 17.6. The molecule has 0 saturated heterocycles. The highest BCUT2D eigenvalue weighted by Crippen LogP contribution is 2.28. The molecule has 40 heavy (non-hydrogen) atoms. The van der Waals surface area contributed by atoms with Crippen LogP contribution in [0.4, 0.5) is 5.82 Å². The van der Waals surface area contributed by atoms with Gasteiger partial charge in [0, 0.05) is 66.9 Å². The lowest BCUT2D eigenvalue weighted by Gasteiger charge is -2.28. The maximum absolute atomic E-state index is 13.6. The van der Waals surface area contributed by atoms with Crippen LogP contribution in [0.1, 0.15) is 29.8 Å². The van der Waals surface area contributed by atoms with E-state index < -0.39 is 16.9 Å². The number of nitrogen functional groups attached to an aromatic ring is 1. The summed E-state index contributed by atoms with van der Waals surface area (Å²) >= 11 is 5.95. The van der Waals surface area contributed by atoms with Crippen molar-refractivity contribution in [2.45, 2.75) is 26.9 Å². The van der Waals surface area contributed by atoms with Crippen LogP contribution in [0.2, 0.25) is 5.02 Å². The van der Waals surface area contributed by atoms with Gasteiger partial charge < -0.3 is 21.1 Å². The molecule has 0 fully saturated rings. The minimum atomic E-state index is -0.676. The number of likely N-dealkylation sites (N-methyl/N-ethyl adjacent to an activating group) is 1. The maximum Gasteiger partial charge on any atom is 0.265 e. The normalized spacial score (nSPS) is 11.6. The number of nitrogens with zero attached hydrogens (tertiary/aromatic N) is 5.